The maximum atomic E-state index is 12.5. The SMILES string of the molecule is CCC(CC)(CCC#N)COC(=O)NCc1cccc(NC(=O)Nc2ccc(-c3cnco3)c(C)c2)c1. The smallest absolute Gasteiger partial charge is 0.407 e. The van der Waals surface area contributed by atoms with Gasteiger partial charge in [-0.2, -0.15) is 5.26 Å². The molecule has 0 aliphatic heterocycles. The molecule has 9 nitrogen and oxygen atoms in total. The molecule has 9 heteroatoms. The highest BCUT2D eigenvalue weighted by Gasteiger charge is 2.27. The van der Waals surface area contributed by atoms with Crippen LogP contribution in [0.4, 0.5) is 21.0 Å². The van der Waals surface area contributed by atoms with Crippen molar-refractivity contribution in [2.45, 2.75) is 53.0 Å². The molecule has 0 aliphatic carbocycles. The fourth-order valence-corrected chi connectivity index (χ4v) is 4.06. The molecule has 0 fully saturated rings. The molecule has 3 amide bonds. The van der Waals surface area contributed by atoms with Gasteiger partial charge in [-0.05, 0) is 67.6 Å². The molecule has 0 saturated carbocycles. The summed E-state index contributed by atoms with van der Waals surface area (Å²) in [6.07, 6.45) is 5.31. The van der Waals surface area contributed by atoms with Crippen LogP contribution in [0.3, 0.4) is 0 Å². The molecule has 1 aromatic heterocycles. The molecule has 0 unspecified atom stereocenters. The van der Waals surface area contributed by atoms with E-state index in [0.717, 1.165) is 29.5 Å². The number of nitriles is 1. The van der Waals surface area contributed by atoms with Gasteiger partial charge < -0.3 is 25.1 Å². The number of amides is 3. The van der Waals surface area contributed by atoms with Crippen LogP contribution in [0.1, 0.15) is 50.7 Å². The van der Waals surface area contributed by atoms with Crippen LogP contribution in [-0.4, -0.2) is 23.7 Å². The summed E-state index contributed by atoms with van der Waals surface area (Å²) < 4.78 is 10.8. The standard InChI is InChI=1S/C28H33N5O4/c1-4-28(5-2,12-7-13-29)18-36-27(35)31-16-21-8-6-9-22(15-21)32-26(34)33-23-10-11-24(20(3)14-23)25-17-30-19-37-25/h6,8-11,14-15,17,19H,4-5,7,12,16,18H2,1-3H3,(H,31,35)(H2,32,33,34). The molecular weight excluding hydrogens is 470 g/mol. The molecule has 0 bridgehead atoms. The number of carbonyl (C=O) groups is 2. The minimum Gasteiger partial charge on any atom is -0.449 e. The van der Waals surface area contributed by atoms with Crippen LogP contribution in [0, 0.1) is 23.7 Å². The van der Waals surface area contributed by atoms with Gasteiger partial charge in [-0.25, -0.2) is 14.6 Å². The van der Waals surface area contributed by atoms with Crippen LogP contribution < -0.4 is 16.0 Å². The van der Waals surface area contributed by atoms with Gasteiger partial charge in [-0.1, -0.05) is 26.0 Å². The molecular formula is C28H33N5O4. The van der Waals surface area contributed by atoms with Gasteiger partial charge >= 0.3 is 12.1 Å². The Morgan fingerprint density at radius 3 is 2.51 bits per heavy atom. The second-order valence-electron chi connectivity index (χ2n) is 8.97. The lowest BCUT2D eigenvalue weighted by atomic mass is 9.79. The van der Waals surface area contributed by atoms with E-state index in [2.05, 4.69) is 27.0 Å². The van der Waals surface area contributed by atoms with Crippen LogP contribution in [0.25, 0.3) is 11.3 Å². The molecule has 0 atom stereocenters. The van der Waals surface area contributed by atoms with Crippen molar-refractivity contribution in [1.29, 1.82) is 5.26 Å². The molecule has 0 radical (unpaired) electrons. The maximum Gasteiger partial charge on any atom is 0.407 e. The molecule has 0 spiro atoms. The average Bonchev–Trinajstić information content (AvgIpc) is 3.43. The summed E-state index contributed by atoms with van der Waals surface area (Å²) in [5.74, 6) is 0.664. The number of aromatic nitrogens is 1. The molecule has 3 rings (SSSR count). The van der Waals surface area contributed by atoms with E-state index in [4.69, 9.17) is 14.4 Å². The van der Waals surface area contributed by atoms with Crippen LogP contribution in [-0.2, 0) is 11.3 Å². The third-order valence-electron chi connectivity index (χ3n) is 6.58. The number of nitrogens with one attached hydrogen (secondary N) is 3. The fourth-order valence-electron chi connectivity index (χ4n) is 4.06. The normalized spacial score (nSPS) is 10.9. The van der Waals surface area contributed by atoms with Crippen molar-refractivity contribution >= 4 is 23.5 Å². The first-order valence-electron chi connectivity index (χ1n) is 12.3. The number of hydrogen-bond acceptors (Lipinski definition) is 6. The zero-order valence-corrected chi connectivity index (χ0v) is 21.5. The van der Waals surface area contributed by atoms with Crippen molar-refractivity contribution in [2.24, 2.45) is 5.41 Å². The monoisotopic (exact) mass is 503 g/mol. The number of nitrogens with zero attached hydrogens (tertiary/aromatic N) is 2. The zero-order chi connectivity index (χ0) is 26.7. The highest BCUT2D eigenvalue weighted by molar-refractivity contribution is 6.00. The van der Waals surface area contributed by atoms with Crippen LogP contribution >= 0.6 is 0 Å². The third-order valence-corrected chi connectivity index (χ3v) is 6.58. The number of alkyl carbamates (subject to hydrolysis) is 1. The molecule has 3 aromatic rings. The molecule has 2 aromatic carbocycles. The minimum absolute atomic E-state index is 0.181. The predicted octanol–water partition coefficient (Wildman–Crippen LogP) is 6.63. The van der Waals surface area contributed by atoms with Gasteiger partial charge in [0.15, 0.2) is 12.2 Å². The molecule has 3 N–H and O–H groups in total. The maximum absolute atomic E-state index is 12.5. The second kappa shape index (κ2) is 13.1. The Balaban J connectivity index is 1.50. The van der Waals surface area contributed by atoms with Gasteiger partial charge in [0.05, 0.1) is 18.9 Å². The van der Waals surface area contributed by atoms with Crippen LogP contribution in [0.15, 0.2) is 59.5 Å². The number of urea groups is 1. The largest absolute Gasteiger partial charge is 0.449 e. The van der Waals surface area contributed by atoms with Gasteiger partial charge in [0, 0.05) is 35.3 Å². The third kappa shape index (κ3) is 7.84. The van der Waals surface area contributed by atoms with Crippen molar-refractivity contribution in [3.05, 3.63) is 66.2 Å². The summed E-state index contributed by atoms with van der Waals surface area (Å²) in [5.41, 5.74) is 3.70. The Labute approximate surface area is 217 Å². The van der Waals surface area contributed by atoms with E-state index in [-0.39, 0.29) is 24.6 Å². The number of oxazole rings is 1. The van der Waals surface area contributed by atoms with Crippen molar-refractivity contribution in [2.75, 3.05) is 17.2 Å². The summed E-state index contributed by atoms with van der Waals surface area (Å²) in [4.78, 5) is 28.7. The van der Waals surface area contributed by atoms with Gasteiger partial charge in [0.1, 0.15) is 0 Å². The van der Waals surface area contributed by atoms with Crippen molar-refractivity contribution < 1.29 is 18.7 Å². The van der Waals surface area contributed by atoms with E-state index in [1.807, 2.05) is 39.0 Å². The lowest BCUT2D eigenvalue weighted by Crippen LogP contribution is -2.31. The molecule has 0 saturated heterocycles. The van der Waals surface area contributed by atoms with Crippen molar-refractivity contribution in [3.8, 4) is 17.4 Å². The van der Waals surface area contributed by atoms with Crippen LogP contribution in [0.5, 0.6) is 0 Å². The van der Waals surface area contributed by atoms with Gasteiger partial charge in [0.25, 0.3) is 0 Å². The number of carbonyl (C=O) groups excluding carboxylic acids is 2. The first-order chi connectivity index (χ1) is 17.9. The fraction of sp³-hybridized carbons (Fsp3) is 0.357. The number of benzene rings is 2. The van der Waals surface area contributed by atoms with E-state index in [1.165, 1.54) is 6.39 Å². The number of ether oxygens (including phenoxy) is 1. The van der Waals surface area contributed by atoms with Crippen LogP contribution in [0.2, 0.25) is 0 Å². The topological polar surface area (TPSA) is 129 Å². The second-order valence-corrected chi connectivity index (χ2v) is 8.97. The number of rotatable bonds is 11. The molecule has 194 valence electrons. The Morgan fingerprint density at radius 1 is 1.11 bits per heavy atom. The number of aryl methyl sites for hydroxylation is 1. The zero-order valence-electron chi connectivity index (χ0n) is 21.5. The minimum atomic E-state index is -0.511. The van der Waals surface area contributed by atoms with Crippen molar-refractivity contribution in [3.63, 3.8) is 0 Å². The summed E-state index contributed by atoms with van der Waals surface area (Å²) in [5, 5.41) is 17.3. The average molecular weight is 504 g/mol. The quantitative estimate of drug-likeness (QED) is 0.269. The molecule has 1 heterocycles. The first kappa shape index (κ1) is 27.3. The summed E-state index contributed by atoms with van der Waals surface area (Å²) >= 11 is 0. The van der Waals surface area contributed by atoms with E-state index in [1.54, 1.807) is 30.5 Å². The lowest BCUT2D eigenvalue weighted by Gasteiger charge is -2.30. The number of anilines is 2. The Hall–Kier alpha value is -4.32. The Bertz CT molecular complexity index is 1230. The molecule has 0 aliphatic rings. The Kier molecular flexibility index (Phi) is 9.67. The van der Waals surface area contributed by atoms with E-state index >= 15 is 0 Å². The van der Waals surface area contributed by atoms with E-state index < -0.39 is 6.09 Å². The predicted molar refractivity (Wildman–Crippen MR) is 142 cm³/mol. The summed E-state index contributed by atoms with van der Waals surface area (Å²) in [7, 11) is 0. The highest BCUT2D eigenvalue weighted by Crippen LogP contribution is 2.32. The van der Waals surface area contributed by atoms with E-state index in [0.29, 0.717) is 30.0 Å². The van der Waals surface area contributed by atoms with Gasteiger partial charge in [-0.3, -0.25) is 0 Å². The van der Waals surface area contributed by atoms with Gasteiger partial charge in [0.2, 0.25) is 0 Å². The lowest BCUT2D eigenvalue weighted by molar-refractivity contribution is 0.0703. The first-order valence-corrected chi connectivity index (χ1v) is 12.3. The van der Waals surface area contributed by atoms with Gasteiger partial charge in [-0.15, -0.1) is 0 Å². The summed E-state index contributed by atoms with van der Waals surface area (Å²) in [6.45, 7) is 6.55. The molecule has 37 heavy (non-hydrogen) atoms. The highest BCUT2D eigenvalue weighted by atomic mass is 16.5. The van der Waals surface area contributed by atoms with E-state index in [9.17, 15) is 9.59 Å². The Morgan fingerprint density at radius 2 is 1.86 bits per heavy atom. The summed E-state index contributed by atoms with van der Waals surface area (Å²) in [6, 6.07) is 14.5. The number of hydrogen-bond donors (Lipinski definition) is 3. The van der Waals surface area contributed by atoms with Crippen molar-refractivity contribution in [1.82, 2.24) is 10.3 Å².